The standard InChI is InChI=1S/C4H5N2.2CH3.Bi/c1-6-3-2-5-4-6;;;/h2-3H,1H3;2*1H3;. The van der Waals surface area contributed by atoms with E-state index in [0.717, 1.165) is 0 Å². The fourth-order valence-corrected chi connectivity index (χ4v) is 4.66. The van der Waals surface area contributed by atoms with Crippen molar-refractivity contribution in [3.05, 3.63) is 12.4 Å². The Hall–Kier alpha value is 0.0931. The van der Waals surface area contributed by atoms with Crippen LogP contribution in [0, 0.1) is 0 Å². The summed E-state index contributed by atoms with van der Waals surface area (Å²) in [6.45, 7) is 0. The molecular weight excluding hydrogens is 309 g/mol. The van der Waals surface area contributed by atoms with Crippen LogP contribution in [0.2, 0.25) is 9.26 Å². The SMILES string of the molecule is Cn1ccn[c]1[Bi]([CH3])[CH3]. The van der Waals surface area contributed by atoms with Crippen LogP contribution in [-0.2, 0) is 7.05 Å². The van der Waals surface area contributed by atoms with Gasteiger partial charge in [0, 0.05) is 0 Å². The van der Waals surface area contributed by atoms with E-state index in [1.807, 2.05) is 12.4 Å². The number of rotatable bonds is 1. The fourth-order valence-electron chi connectivity index (χ4n) is 0.789. The Kier molecular flexibility index (Phi) is 2.23. The summed E-state index contributed by atoms with van der Waals surface area (Å²) in [7, 11) is 2.07. The van der Waals surface area contributed by atoms with Gasteiger partial charge in [0.05, 0.1) is 0 Å². The van der Waals surface area contributed by atoms with Gasteiger partial charge in [-0.2, -0.15) is 0 Å². The Morgan fingerprint density at radius 3 is 2.44 bits per heavy atom. The van der Waals surface area contributed by atoms with Gasteiger partial charge in [-0.15, -0.1) is 0 Å². The van der Waals surface area contributed by atoms with Crippen LogP contribution in [0.15, 0.2) is 12.4 Å². The normalized spacial score (nSPS) is 10.7. The minimum absolute atomic E-state index is 1.23. The third-order valence-electron chi connectivity index (χ3n) is 1.20. The average Bonchev–Trinajstić information content (AvgIpc) is 2.13. The van der Waals surface area contributed by atoms with Crippen molar-refractivity contribution < 1.29 is 0 Å². The maximum absolute atomic E-state index is 4.27. The van der Waals surface area contributed by atoms with E-state index in [-0.39, 0.29) is 0 Å². The quantitative estimate of drug-likeness (QED) is 0.684. The third kappa shape index (κ3) is 1.51. The van der Waals surface area contributed by atoms with E-state index in [1.165, 1.54) is 3.53 Å². The van der Waals surface area contributed by atoms with E-state index in [1.54, 1.807) is 0 Å². The van der Waals surface area contributed by atoms with Gasteiger partial charge in [-0.25, -0.2) is 0 Å². The Balaban J connectivity index is 2.94. The van der Waals surface area contributed by atoms with Crippen molar-refractivity contribution in [1.29, 1.82) is 0 Å². The first kappa shape index (κ1) is 7.20. The van der Waals surface area contributed by atoms with E-state index in [9.17, 15) is 0 Å². The second kappa shape index (κ2) is 2.78. The molecule has 0 fully saturated rings. The van der Waals surface area contributed by atoms with E-state index in [2.05, 4.69) is 25.9 Å². The number of hydrogen-bond donors (Lipinski definition) is 0. The predicted octanol–water partition coefficient (Wildman–Crippen LogP) is 0.381. The Bertz CT molecular complexity index is 193. The molecule has 0 unspecified atom stereocenters. The van der Waals surface area contributed by atoms with Crippen molar-refractivity contribution in [2.75, 3.05) is 0 Å². The second-order valence-corrected chi connectivity index (χ2v) is 10.7. The molecule has 0 aliphatic rings. The molecule has 0 radical (unpaired) electrons. The molecule has 0 spiro atoms. The molecule has 0 saturated heterocycles. The van der Waals surface area contributed by atoms with Gasteiger partial charge in [0.1, 0.15) is 0 Å². The molecule has 0 amide bonds. The first-order valence-electron chi connectivity index (χ1n) is 2.86. The molecule has 1 rings (SSSR count). The number of nitrogens with zero attached hydrogens (tertiary/aromatic N) is 2. The Morgan fingerprint density at radius 2 is 2.22 bits per heavy atom. The zero-order chi connectivity index (χ0) is 6.85. The second-order valence-electron chi connectivity index (χ2n) is 2.23. The van der Waals surface area contributed by atoms with Crippen molar-refractivity contribution >= 4 is 25.3 Å². The molecule has 0 aliphatic carbocycles. The van der Waals surface area contributed by atoms with Gasteiger partial charge >= 0.3 is 63.5 Å². The van der Waals surface area contributed by atoms with Crippen molar-refractivity contribution in [2.24, 2.45) is 7.05 Å². The van der Waals surface area contributed by atoms with Crippen LogP contribution >= 0.6 is 0 Å². The number of imidazole rings is 1. The van der Waals surface area contributed by atoms with Crippen molar-refractivity contribution in [1.82, 2.24) is 9.55 Å². The molecule has 1 aromatic heterocycles. The zero-order valence-electron chi connectivity index (χ0n) is 6.00. The summed E-state index contributed by atoms with van der Waals surface area (Å²) >= 11 is -1.23. The number of aromatic nitrogens is 2. The Morgan fingerprint density at radius 1 is 1.56 bits per heavy atom. The van der Waals surface area contributed by atoms with E-state index < -0.39 is 21.8 Å². The molecule has 0 bridgehead atoms. The van der Waals surface area contributed by atoms with Crippen LogP contribution in [0.5, 0.6) is 0 Å². The third-order valence-corrected chi connectivity index (χ3v) is 5.98. The minimum atomic E-state index is -1.23. The van der Waals surface area contributed by atoms with Crippen LogP contribution < -0.4 is 3.53 Å². The summed E-state index contributed by atoms with van der Waals surface area (Å²) in [4.78, 5) is 4.27. The average molecular weight is 320 g/mol. The van der Waals surface area contributed by atoms with Crippen molar-refractivity contribution in [3.8, 4) is 0 Å². The molecule has 0 saturated carbocycles. The van der Waals surface area contributed by atoms with Crippen LogP contribution in [0.25, 0.3) is 0 Å². The molecule has 0 aromatic carbocycles. The van der Waals surface area contributed by atoms with Gasteiger partial charge in [-0.1, -0.05) is 0 Å². The molecule has 1 heterocycles. The van der Waals surface area contributed by atoms with Crippen LogP contribution in [-0.4, -0.2) is 31.3 Å². The van der Waals surface area contributed by atoms with Gasteiger partial charge < -0.3 is 0 Å². The van der Waals surface area contributed by atoms with Gasteiger partial charge in [-0.3, -0.25) is 0 Å². The predicted molar refractivity (Wildman–Crippen MR) is 40.3 cm³/mol. The fraction of sp³-hybridized carbons (Fsp3) is 0.500. The van der Waals surface area contributed by atoms with E-state index in [0.29, 0.717) is 0 Å². The van der Waals surface area contributed by atoms with Gasteiger partial charge in [0.2, 0.25) is 0 Å². The van der Waals surface area contributed by atoms with Crippen LogP contribution in [0.4, 0.5) is 0 Å². The molecular formula is C6H11BiN2. The van der Waals surface area contributed by atoms with E-state index in [4.69, 9.17) is 0 Å². The molecule has 0 N–H and O–H groups in total. The molecule has 1 aromatic rings. The summed E-state index contributed by atoms with van der Waals surface area (Å²) in [5, 5.41) is 0. The first-order valence-corrected chi connectivity index (χ1v) is 11.6. The van der Waals surface area contributed by atoms with Crippen LogP contribution in [0.3, 0.4) is 0 Å². The Labute approximate surface area is 63.6 Å². The first-order chi connectivity index (χ1) is 4.22. The summed E-state index contributed by atoms with van der Waals surface area (Å²) in [6, 6.07) is 0. The monoisotopic (exact) mass is 320 g/mol. The van der Waals surface area contributed by atoms with Gasteiger partial charge in [0.25, 0.3) is 0 Å². The number of hydrogen-bond acceptors (Lipinski definition) is 1. The van der Waals surface area contributed by atoms with Crippen molar-refractivity contribution in [2.45, 2.75) is 9.26 Å². The summed E-state index contributed by atoms with van der Waals surface area (Å²) < 4.78 is 8.18. The molecule has 0 aliphatic heterocycles. The summed E-state index contributed by atoms with van der Waals surface area (Å²) in [5.41, 5.74) is 0. The molecule has 50 valence electrons. The molecule has 3 heteroatoms. The molecule has 0 atom stereocenters. The van der Waals surface area contributed by atoms with Gasteiger partial charge in [-0.05, 0) is 0 Å². The summed E-state index contributed by atoms with van der Waals surface area (Å²) in [5.74, 6) is 0. The zero-order valence-corrected chi connectivity index (χ0v) is 9.47. The summed E-state index contributed by atoms with van der Waals surface area (Å²) in [6.07, 6.45) is 3.90. The van der Waals surface area contributed by atoms with Crippen molar-refractivity contribution in [3.63, 3.8) is 0 Å². The topological polar surface area (TPSA) is 17.8 Å². The van der Waals surface area contributed by atoms with Crippen LogP contribution in [0.1, 0.15) is 0 Å². The molecule has 2 nitrogen and oxygen atoms in total. The number of aryl methyl sites for hydroxylation is 1. The molecule has 9 heavy (non-hydrogen) atoms. The van der Waals surface area contributed by atoms with Gasteiger partial charge in [0.15, 0.2) is 0 Å². The van der Waals surface area contributed by atoms with E-state index >= 15 is 0 Å². The maximum atomic E-state index is 4.27.